The van der Waals surface area contributed by atoms with Gasteiger partial charge in [0.05, 0.1) is 38.4 Å². The summed E-state index contributed by atoms with van der Waals surface area (Å²) in [4.78, 5) is 0. The Morgan fingerprint density at radius 2 is 1.23 bits per heavy atom. The Bertz CT molecular complexity index is 649. The molecule has 11 heteroatoms. The predicted molar refractivity (Wildman–Crippen MR) is 147 cm³/mol. The SMILES string of the molecule is CC.CC.CCC.COCC1CCCN(S(C)(=O)=O)C1.COCCOC1CCN(S(C)(=O)=O)CC1. The van der Waals surface area contributed by atoms with E-state index in [-0.39, 0.29) is 6.10 Å². The largest absolute Gasteiger partial charge is 0.384 e. The van der Waals surface area contributed by atoms with Crippen molar-refractivity contribution in [2.45, 2.75) is 79.8 Å². The molecule has 2 aliphatic rings. The summed E-state index contributed by atoms with van der Waals surface area (Å²) in [5, 5.41) is 0. The van der Waals surface area contributed by atoms with Crippen molar-refractivity contribution in [1.29, 1.82) is 0 Å². The molecular formula is C24H56N2O7S2. The van der Waals surface area contributed by atoms with Crippen LogP contribution < -0.4 is 0 Å². The van der Waals surface area contributed by atoms with E-state index in [0.29, 0.717) is 51.9 Å². The standard InChI is InChI=1S/C9H19NO4S.C8H17NO3S.C3H8.2C2H6/c1-13-7-8-14-9-3-5-10(6-4-9)15(2,11)12;1-12-7-8-4-3-5-9(6-8)13(2,10)11;1-3-2;2*1-2/h9H,3-8H2,1-2H3;8H,3-7H2,1-2H3;3H2,1-2H3;2*1-2H3. The Labute approximate surface area is 218 Å². The molecule has 0 saturated carbocycles. The van der Waals surface area contributed by atoms with Crippen molar-refractivity contribution in [2.24, 2.45) is 5.92 Å². The molecule has 1 unspecified atom stereocenters. The van der Waals surface area contributed by atoms with Gasteiger partial charge in [0.1, 0.15) is 0 Å². The van der Waals surface area contributed by atoms with Crippen molar-refractivity contribution in [1.82, 2.24) is 8.61 Å². The van der Waals surface area contributed by atoms with Crippen LogP contribution in [-0.4, -0.2) is 104 Å². The minimum absolute atomic E-state index is 0.179. The van der Waals surface area contributed by atoms with Crippen LogP contribution >= 0.6 is 0 Å². The van der Waals surface area contributed by atoms with Crippen molar-refractivity contribution in [3.8, 4) is 0 Å². The van der Waals surface area contributed by atoms with E-state index in [4.69, 9.17) is 14.2 Å². The zero-order valence-corrected chi connectivity index (χ0v) is 25.8. The second kappa shape index (κ2) is 24.1. The normalized spacial score (nSPS) is 19.4. The minimum atomic E-state index is -3.02. The Morgan fingerprint density at radius 3 is 1.63 bits per heavy atom. The molecule has 0 amide bonds. The lowest BCUT2D eigenvalue weighted by Gasteiger charge is -2.30. The summed E-state index contributed by atoms with van der Waals surface area (Å²) in [7, 11) is -2.73. The van der Waals surface area contributed by atoms with Crippen LogP contribution in [0.3, 0.4) is 0 Å². The van der Waals surface area contributed by atoms with Crippen molar-refractivity contribution in [2.75, 3.05) is 72.7 Å². The fourth-order valence-corrected chi connectivity index (χ4v) is 5.14. The Hall–Kier alpha value is -0.300. The van der Waals surface area contributed by atoms with E-state index in [0.717, 1.165) is 25.7 Å². The second-order valence-corrected chi connectivity index (χ2v) is 12.0. The molecule has 9 nitrogen and oxygen atoms in total. The van der Waals surface area contributed by atoms with Crippen molar-refractivity contribution in [3.05, 3.63) is 0 Å². The van der Waals surface area contributed by atoms with Gasteiger partial charge in [0.2, 0.25) is 20.0 Å². The predicted octanol–water partition coefficient (Wildman–Crippen LogP) is 3.85. The molecule has 0 bridgehead atoms. The fourth-order valence-electron chi connectivity index (χ4n) is 3.33. The number of piperidine rings is 2. The maximum Gasteiger partial charge on any atom is 0.211 e. The lowest BCUT2D eigenvalue weighted by atomic mass is 10.0. The van der Waals surface area contributed by atoms with Gasteiger partial charge < -0.3 is 14.2 Å². The molecule has 2 saturated heterocycles. The van der Waals surface area contributed by atoms with Gasteiger partial charge in [-0.25, -0.2) is 25.4 Å². The molecule has 0 radical (unpaired) electrons. The highest BCUT2D eigenvalue weighted by Gasteiger charge is 2.26. The number of sulfonamides is 2. The fraction of sp³-hybridized carbons (Fsp3) is 1.00. The van der Waals surface area contributed by atoms with Gasteiger partial charge in [0, 0.05) is 40.4 Å². The molecule has 0 aromatic heterocycles. The first-order chi connectivity index (χ1) is 16.5. The van der Waals surface area contributed by atoms with Crippen LogP contribution in [0.15, 0.2) is 0 Å². The van der Waals surface area contributed by atoms with Gasteiger partial charge in [0.15, 0.2) is 0 Å². The quantitative estimate of drug-likeness (QED) is 0.425. The molecule has 2 fully saturated rings. The van der Waals surface area contributed by atoms with Crippen LogP contribution in [0, 0.1) is 5.92 Å². The smallest absolute Gasteiger partial charge is 0.211 e. The van der Waals surface area contributed by atoms with E-state index in [1.165, 1.54) is 23.2 Å². The van der Waals surface area contributed by atoms with Gasteiger partial charge in [-0.05, 0) is 31.6 Å². The number of hydrogen-bond acceptors (Lipinski definition) is 7. The third-order valence-electron chi connectivity index (χ3n) is 4.86. The van der Waals surface area contributed by atoms with Crippen LogP contribution in [0.4, 0.5) is 0 Å². The van der Waals surface area contributed by atoms with Crippen molar-refractivity contribution < 1.29 is 31.0 Å². The molecule has 0 N–H and O–H groups in total. The van der Waals surface area contributed by atoms with Gasteiger partial charge in [0.25, 0.3) is 0 Å². The van der Waals surface area contributed by atoms with E-state index in [2.05, 4.69) is 13.8 Å². The monoisotopic (exact) mass is 548 g/mol. The maximum atomic E-state index is 11.2. The van der Waals surface area contributed by atoms with E-state index in [1.807, 2.05) is 27.7 Å². The number of nitrogens with zero attached hydrogens (tertiary/aromatic N) is 2. The zero-order valence-electron chi connectivity index (χ0n) is 24.2. The van der Waals surface area contributed by atoms with Crippen LogP contribution in [0.5, 0.6) is 0 Å². The summed E-state index contributed by atoms with van der Waals surface area (Å²) in [6, 6.07) is 0. The third-order valence-corrected chi connectivity index (χ3v) is 7.44. The highest BCUT2D eigenvalue weighted by atomic mass is 32.2. The van der Waals surface area contributed by atoms with Gasteiger partial charge in [-0.1, -0.05) is 48.0 Å². The first-order valence-corrected chi connectivity index (χ1v) is 16.7. The number of methoxy groups -OCH3 is 2. The van der Waals surface area contributed by atoms with Crippen molar-refractivity contribution >= 4 is 20.0 Å². The van der Waals surface area contributed by atoms with E-state index in [9.17, 15) is 16.8 Å². The van der Waals surface area contributed by atoms with Gasteiger partial charge in [-0.3, -0.25) is 0 Å². The molecular weight excluding hydrogens is 492 g/mol. The summed E-state index contributed by atoms with van der Waals surface area (Å²) in [5.74, 6) is 0.369. The highest BCUT2D eigenvalue weighted by molar-refractivity contribution is 7.88. The summed E-state index contributed by atoms with van der Waals surface area (Å²) in [5.41, 5.74) is 0. The molecule has 0 spiro atoms. The lowest BCUT2D eigenvalue weighted by Crippen LogP contribution is -2.40. The van der Waals surface area contributed by atoms with Gasteiger partial charge >= 0.3 is 0 Å². The Kier molecular flexibility index (Phi) is 27.0. The van der Waals surface area contributed by atoms with E-state index < -0.39 is 20.0 Å². The molecule has 35 heavy (non-hydrogen) atoms. The maximum absolute atomic E-state index is 11.2. The average molecular weight is 549 g/mol. The molecule has 1 atom stereocenters. The summed E-state index contributed by atoms with van der Waals surface area (Å²) >= 11 is 0. The third kappa shape index (κ3) is 21.5. The topological polar surface area (TPSA) is 102 Å². The van der Waals surface area contributed by atoms with E-state index in [1.54, 1.807) is 18.5 Å². The molecule has 2 aliphatic heterocycles. The number of ether oxygens (including phenoxy) is 3. The van der Waals surface area contributed by atoms with E-state index >= 15 is 0 Å². The Morgan fingerprint density at radius 1 is 0.743 bits per heavy atom. The first-order valence-electron chi connectivity index (χ1n) is 13.0. The van der Waals surface area contributed by atoms with Crippen LogP contribution in [0.2, 0.25) is 0 Å². The molecule has 2 heterocycles. The molecule has 0 aromatic carbocycles. The summed E-state index contributed by atoms with van der Waals surface area (Å²) in [6.45, 7) is 16.5. The average Bonchev–Trinajstić information content (AvgIpc) is 2.82. The summed E-state index contributed by atoms with van der Waals surface area (Å²) in [6.07, 6.45) is 7.51. The van der Waals surface area contributed by atoms with Gasteiger partial charge in [-0.2, -0.15) is 0 Å². The molecule has 0 aromatic rings. The van der Waals surface area contributed by atoms with Crippen LogP contribution in [-0.2, 0) is 34.3 Å². The number of rotatable bonds is 8. The van der Waals surface area contributed by atoms with Gasteiger partial charge in [-0.15, -0.1) is 0 Å². The molecule has 2 rings (SSSR count). The molecule has 216 valence electrons. The van der Waals surface area contributed by atoms with Crippen LogP contribution in [0.1, 0.15) is 73.6 Å². The first kappa shape index (κ1) is 39.2. The molecule has 0 aliphatic carbocycles. The Balaban J connectivity index is -0.000000468. The summed E-state index contributed by atoms with van der Waals surface area (Å²) < 4.78 is 63.4. The second-order valence-electron chi connectivity index (χ2n) is 8.02. The highest BCUT2D eigenvalue weighted by Crippen LogP contribution is 2.18. The lowest BCUT2D eigenvalue weighted by molar-refractivity contribution is -0.00495. The number of hydrogen-bond donors (Lipinski definition) is 0. The van der Waals surface area contributed by atoms with Crippen molar-refractivity contribution in [3.63, 3.8) is 0 Å². The minimum Gasteiger partial charge on any atom is -0.384 e. The van der Waals surface area contributed by atoms with Crippen LogP contribution in [0.25, 0.3) is 0 Å². The zero-order chi connectivity index (χ0) is 27.9.